The molecule has 1 aliphatic heterocycles. The van der Waals surface area contributed by atoms with Crippen LogP contribution in [0.4, 0.5) is 0 Å². The second kappa shape index (κ2) is 4.84. The number of aliphatic hydroxyl groups is 3. The van der Waals surface area contributed by atoms with Crippen LogP contribution < -0.4 is 11.2 Å². The van der Waals surface area contributed by atoms with Crippen LogP contribution in [0.1, 0.15) is 5.56 Å². The molecule has 106 valence electrons. The van der Waals surface area contributed by atoms with E-state index in [1.54, 1.807) is 0 Å². The van der Waals surface area contributed by atoms with Gasteiger partial charge in [0, 0.05) is 11.8 Å². The maximum absolute atomic E-state index is 11.8. The number of aliphatic hydroxyl groups excluding tert-OH is 3. The molecule has 0 spiro atoms. The fourth-order valence-electron chi connectivity index (χ4n) is 1.90. The molecule has 0 aliphatic carbocycles. The number of aromatic amines is 1. The molecule has 1 fully saturated rings. The van der Waals surface area contributed by atoms with Gasteiger partial charge in [0.05, 0.1) is 6.61 Å². The van der Waals surface area contributed by atoms with Crippen molar-refractivity contribution in [3.8, 4) is 0 Å². The molecule has 1 aliphatic rings. The Labute approximate surface area is 115 Å². The molecule has 0 amide bonds. The van der Waals surface area contributed by atoms with Gasteiger partial charge in [-0.3, -0.25) is 14.3 Å². The molecule has 2 rings (SSSR count). The predicted octanol–water partition coefficient (Wildman–Crippen LogP) is -2.04. The van der Waals surface area contributed by atoms with Crippen LogP contribution in [0.15, 0.2) is 15.8 Å². The maximum Gasteiger partial charge on any atom is 0.331 e. The van der Waals surface area contributed by atoms with Gasteiger partial charge in [-0.15, -0.1) is 0 Å². The Balaban J connectivity index is 2.55. The second-order valence-corrected chi connectivity index (χ2v) is 5.46. The highest BCUT2D eigenvalue weighted by Crippen LogP contribution is 2.39. The summed E-state index contributed by atoms with van der Waals surface area (Å²) in [6, 6.07) is 0. The van der Waals surface area contributed by atoms with Crippen molar-refractivity contribution in [1.29, 1.82) is 0 Å². The highest BCUT2D eigenvalue weighted by molar-refractivity contribution is 9.09. The number of H-pyrrole nitrogens is 1. The van der Waals surface area contributed by atoms with Crippen LogP contribution in [0, 0.1) is 6.92 Å². The highest BCUT2D eigenvalue weighted by Gasteiger charge is 2.54. The summed E-state index contributed by atoms with van der Waals surface area (Å²) in [5.74, 6) is 0. The largest absolute Gasteiger partial charge is 0.394 e. The van der Waals surface area contributed by atoms with E-state index in [-0.39, 0.29) is 5.56 Å². The smallest absolute Gasteiger partial charge is 0.331 e. The van der Waals surface area contributed by atoms with E-state index in [1.807, 2.05) is 0 Å². The molecule has 1 aromatic heterocycles. The first-order valence-corrected chi connectivity index (χ1v) is 6.27. The molecule has 0 aromatic carbocycles. The lowest BCUT2D eigenvalue weighted by Crippen LogP contribution is -2.47. The van der Waals surface area contributed by atoms with E-state index in [2.05, 4.69) is 20.9 Å². The lowest BCUT2D eigenvalue weighted by atomic mass is 10.1. The molecule has 19 heavy (non-hydrogen) atoms. The minimum atomic E-state index is -1.74. The molecule has 2 heterocycles. The molecule has 9 heteroatoms. The fourth-order valence-corrected chi connectivity index (χ4v) is 2.68. The molecule has 1 aromatic rings. The van der Waals surface area contributed by atoms with E-state index in [0.717, 1.165) is 4.57 Å². The van der Waals surface area contributed by atoms with Crippen molar-refractivity contribution >= 4 is 15.9 Å². The lowest BCUT2D eigenvalue weighted by molar-refractivity contribution is -0.0767. The summed E-state index contributed by atoms with van der Waals surface area (Å²) in [5, 5.41) is 28.7. The van der Waals surface area contributed by atoms with Crippen LogP contribution in [0.5, 0.6) is 0 Å². The molecule has 0 bridgehead atoms. The van der Waals surface area contributed by atoms with Crippen LogP contribution in [0.25, 0.3) is 0 Å². The van der Waals surface area contributed by atoms with Crippen molar-refractivity contribution in [3.63, 3.8) is 0 Å². The Hall–Kier alpha value is -1.00. The second-order valence-electron chi connectivity index (χ2n) is 4.32. The summed E-state index contributed by atoms with van der Waals surface area (Å²) in [4.78, 5) is 25.1. The molecule has 0 unspecified atom stereocenters. The lowest BCUT2D eigenvalue weighted by Gasteiger charge is -2.27. The summed E-state index contributed by atoms with van der Waals surface area (Å²) in [6.45, 7) is 0.953. The van der Waals surface area contributed by atoms with Gasteiger partial charge in [0.25, 0.3) is 5.56 Å². The third-order valence-corrected chi connectivity index (χ3v) is 4.05. The minimum absolute atomic E-state index is 0.233. The number of aryl methyl sites for hydroxylation is 1. The van der Waals surface area contributed by atoms with Gasteiger partial charge >= 0.3 is 5.69 Å². The van der Waals surface area contributed by atoms with E-state index in [9.17, 15) is 19.8 Å². The van der Waals surface area contributed by atoms with Crippen molar-refractivity contribution in [1.82, 2.24) is 9.55 Å². The topological polar surface area (TPSA) is 125 Å². The SMILES string of the molecule is Cc1cn([C@]2(Br)O[C@H](CO)[C@@H](O)[C@H]2O)c(=O)[nH]c1=O. The van der Waals surface area contributed by atoms with Gasteiger partial charge in [-0.2, -0.15) is 0 Å². The van der Waals surface area contributed by atoms with E-state index in [4.69, 9.17) is 9.84 Å². The summed E-state index contributed by atoms with van der Waals surface area (Å²) in [6.07, 6.45) is -2.71. The highest BCUT2D eigenvalue weighted by atomic mass is 79.9. The molecule has 4 atom stereocenters. The minimum Gasteiger partial charge on any atom is -0.394 e. The average Bonchev–Trinajstić information content (AvgIpc) is 2.59. The van der Waals surface area contributed by atoms with Crippen LogP contribution in [-0.2, 0) is 9.37 Å². The zero-order valence-corrected chi connectivity index (χ0v) is 11.5. The third-order valence-electron chi connectivity index (χ3n) is 3.01. The zero-order valence-electron chi connectivity index (χ0n) is 9.91. The summed E-state index contributed by atoms with van der Waals surface area (Å²) >= 11 is 3.05. The molecule has 0 radical (unpaired) electrons. The van der Waals surface area contributed by atoms with Gasteiger partial charge in [-0.1, -0.05) is 0 Å². The standard InChI is InChI=1S/C10H13BrN2O6/c1-4-2-13(9(18)12-8(4)17)10(11)7(16)6(15)5(3-14)19-10/h2,5-7,14-16H,3H2,1H3,(H,12,17,18)/t5-,6-,7-,10+/m1/s1. The normalized spacial score (nSPS) is 34.7. The van der Waals surface area contributed by atoms with Crippen molar-refractivity contribution in [2.75, 3.05) is 6.61 Å². The Kier molecular flexibility index (Phi) is 3.67. The number of hydrogen-bond acceptors (Lipinski definition) is 6. The van der Waals surface area contributed by atoms with E-state index >= 15 is 0 Å². The number of ether oxygens (including phenoxy) is 1. The van der Waals surface area contributed by atoms with E-state index in [0.29, 0.717) is 0 Å². The third kappa shape index (κ3) is 2.17. The summed E-state index contributed by atoms with van der Waals surface area (Å²) in [7, 11) is 0. The molecular formula is C10H13BrN2O6. The fraction of sp³-hybridized carbons (Fsp3) is 0.600. The first-order chi connectivity index (χ1) is 8.81. The average molecular weight is 337 g/mol. The Morgan fingerprint density at radius 3 is 2.68 bits per heavy atom. The van der Waals surface area contributed by atoms with Gasteiger partial charge in [0.2, 0.25) is 4.63 Å². The molecular weight excluding hydrogens is 324 g/mol. The van der Waals surface area contributed by atoms with Crippen molar-refractivity contribution in [3.05, 3.63) is 32.6 Å². The van der Waals surface area contributed by atoms with E-state index in [1.165, 1.54) is 13.1 Å². The molecule has 4 N–H and O–H groups in total. The molecule has 8 nitrogen and oxygen atoms in total. The molecule has 1 saturated heterocycles. The Bertz CT molecular complexity index is 598. The van der Waals surface area contributed by atoms with Crippen LogP contribution >= 0.6 is 15.9 Å². The van der Waals surface area contributed by atoms with Gasteiger partial charge in [-0.05, 0) is 22.9 Å². The van der Waals surface area contributed by atoms with Crippen molar-refractivity contribution in [2.45, 2.75) is 29.9 Å². The first kappa shape index (κ1) is 14.4. The number of nitrogens with zero attached hydrogens (tertiary/aromatic N) is 1. The Morgan fingerprint density at radius 1 is 1.53 bits per heavy atom. The van der Waals surface area contributed by atoms with Gasteiger partial charge < -0.3 is 20.1 Å². The van der Waals surface area contributed by atoms with Crippen LogP contribution in [-0.4, -0.2) is 49.8 Å². The monoisotopic (exact) mass is 336 g/mol. The Morgan fingerprint density at radius 2 is 2.16 bits per heavy atom. The molecule has 0 saturated carbocycles. The number of alkyl halides is 1. The number of halogens is 1. The van der Waals surface area contributed by atoms with Crippen LogP contribution in [0.2, 0.25) is 0 Å². The number of aromatic nitrogens is 2. The van der Waals surface area contributed by atoms with Crippen LogP contribution in [0.3, 0.4) is 0 Å². The number of hydrogen-bond donors (Lipinski definition) is 4. The van der Waals surface area contributed by atoms with E-state index < -0.39 is 40.8 Å². The first-order valence-electron chi connectivity index (χ1n) is 5.48. The quantitative estimate of drug-likeness (QED) is 0.461. The van der Waals surface area contributed by atoms with Gasteiger partial charge in [0.15, 0.2) is 0 Å². The number of nitrogens with one attached hydrogen (secondary N) is 1. The van der Waals surface area contributed by atoms with Crippen molar-refractivity contribution < 1.29 is 20.1 Å². The van der Waals surface area contributed by atoms with Gasteiger partial charge in [-0.25, -0.2) is 4.79 Å². The summed E-state index contributed by atoms with van der Waals surface area (Å²) in [5.41, 5.74) is -1.13. The summed E-state index contributed by atoms with van der Waals surface area (Å²) < 4.78 is 4.47. The number of rotatable bonds is 2. The van der Waals surface area contributed by atoms with Crippen molar-refractivity contribution in [2.24, 2.45) is 0 Å². The maximum atomic E-state index is 11.8. The van der Waals surface area contributed by atoms with Gasteiger partial charge in [0.1, 0.15) is 18.3 Å². The zero-order chi connectivity index (χ0) is 14.4. The predicted molar refractivity (Wildman–Crippen MR) is 66.9 cm³/mol.